The molecule has 2 N–H and O–H groups in total. The lowest BCUT2D eigenvalue weighted by Gasteiger charge is -2.15. The van der Waals surface area contributed by atoms with Gasteiger partial charge in [0.15, 0.2) is 5.96 Å². The van der Waals surface area contributed by atoms with Crippen LogP contribution in [0.4, 0.5) is 0 Å². The Bertz CT molecular complexity index is 739. The highest BCUT2D eigenvalue weighted by Crippen LogP contribution is 2.13. The van der Waals surface area contributed by atoms with Crippen LogP contribution in [-0.4, -0.2) is 42.5 Å². The largest absolute Gasteiger partial charge is 0.356 e. The Morgan fingerprint density at radius 1 is 1.07 bits per heavy atom. The molecule has 1 aromatic heterocycles. The first kappa shape index (κ1) is 22.6. The molecule has 3 rings (SSSR count). The number of likely N-dealkylation sites (tertiary alicyclic amines) is 1. The van der Waals surface area contributed by atoms with E-state index in [1.54, 1.807) is 0 Å². The van der Waals surface area contributed by atoms with Crippen LogP contribution in [0, 0.1) is 6.92 Å². The maximum absolute atomic E-state index is 4.32. The van der Waals surface area contributed by atoms with E-state index in [4.69, 9.17) is 0 Å². The molecule has 2 aromatic rings. The molecule has 0 unspecified atom stereocenters. The maximum atomic E-state index is 4.32. The summed E-state index contributed by atoms with van der Waals surface area (Å²) in [5.41, 5.74) is 5.22. The number of aryl methyl sites for hydroxylation is 1. The van der Waals surface area contributed by atoms with Crippen LogP contribution in [0.3, 0.4) is 0 Å². The maximum Gasteiger partial charge on any atom is 0.191 e. The predicted molar refractivity (Wildman–Crippen MR) is 127 cm³/mol. The minimum absolute atomic E-state index is 0. The highest BCUT2D eigenvalue weighted by atomic mass is 127. The van der Waals surface area contributed by atoms with E-state index in [2.05, 4.69) is 62.8 Å². The molecule has 0 radical (unpaired) electrons. The Morgan fingerprint density at radius 2 is 1.79 bits per heavy atom. The molecule has 1 aliphatic rings. The van der Waals surface area contributed by atoms with Gasteiger partial charge in [-0.15, -0.1) is 24.0 Å². The summed E-state index contributed by atoms with van der Waals surface area (Å²) in [6, 6.07) is 11.0. The van der Waals surface area contributed by atoms with Crippen molar-refractivity contribution in [3.05, 3.63) is 65.0 Å². The van der Waals surface area contributed by atoms with Crippen LogP contribution < -0.4 is 10.6 Å². The van der Waals surface area contributed by atoms with Gasteiger partial charge in [0.2, 0.25) is 0 Å². The van der Waals surface area contributed by atoms with Crippen molar-refractivity contribution in [3.8, 4) is 0 Å². The Labute approximate surface area is 186 Å². The third-order valence-electron chi connectivity index (χ3n) is 5.13. The van der Waals surface area contributed by atoms with Crippen LogP contribution in [0.15, 0.2) is 47.7 Å². The first-order chi connectivity index (χ1) is 13.2. The lowest BCUT2D eigenvalue weighted by molar-refractivity contribution is 0.331. The number of hydrogen-bond acceptors (Lipinski definition) is 3. The normalized spacial score (nSPS) is 14.6. The average molecular weight is 493 g/mol. The van der Waals surface area contributed by atoms with E-state index in [1.165, 1.54) is 48.2 Å². The lowest BCUT2D eigenvalue weighted by atomic mass is 10.1. The Balaban J connectivity index is 0.00000280. The van der Waals surface area contributed by atoms with E-state index in [1.807, 2.05) is 19.4 Å². The van der Waals surface area contributed by atoms with Gasteiger partial charge >= 0.3 is 0 Å². The van der Waals surface area contributed by atoms with E-state index in [0.29, 0.717) is 0 Å². The SMILES string of the molecule is CN=C(NCCc1ccncc1C)NCc1ccc(CN2CCCC2)cc1.I. The Kier molecular flexibility index (Phi) is 9.70. The Morgan fingerprint density at radius 3 is 2.46 bits per heavy atom. The lowest BCUT2D eigenvalue weighted by Crippen LogP contribution is -2.37. The van der Waals surface area contributed by atoms with E-state index >= 15 is 0 Å². The molecule has 0 spiro atoms. The van der Waals surface area contributed by atoms with Crippen molar-refractivity contribution in [2.24, 2.45) is 4.99 Å². The van der Waals surface area contributed by atoms with Crippen LogP contribution in [-0.2, 0) is 19.5 Å². The van der Waals surface area contributed by atoms with Crippen molar-refractivity contribution >= 4 is 29.9 Å². The van der Waals surface area contributed by atoms with Gasteiger partial charge in [0, 0.05) is 39.1 Å². The summed E-state index contributed by atoms with van der Waals surface area (Å²) in [6.45, 7) is 7.28. The molecule has 5 nitrogen and oxygen atoms in total. The van der Waals surface area contributed by atoms with Crippen LogP contribution in [0.1, 0.15) is 35.1 Å². The molecular weight excluding hydrogens is 461 g/mol. The van der Waals surface area contributed by atoms with Crippen LogP contribution in [0.25, 0.3) is 0 Å². The third-order valence-corrected chi connectivity index (χ3v) is 5.13. The molecule has 6 heteroatoms. The van der Waals surface area contributed by atoms with Crippen LogP contribution >= 0.6 is 24.0 Å². The van der Waals surface area contributed by atoms with Crippen LogP contribution in [0.2, 0.25) is 0 Å². The summed E-state index contributed by atoms with van der Waals surface area (Å²) < 4.78 is 0. The van der Waals surface area contributed by atoms with Gasteiger partial charge in [0.1, 0.15) is 0 Å². The smallest absolute Gasteiger partial charge is 0.191 e. The van der Waals surface area contributed by atoms with Gasteiger partial charge in [0.05, 0.1) is 0 Å². The minimum Gasteiger partial charge on any atom is -0.356 e. The van der Waals surface area contributed by atoms with Gasteiger partial charge in [-0.1, -0.05) is 24.3 Å². The van der Waals surface area contributed by atoms with E-state index in [0.717, 1.165) is 32.0 Å². The summed E-state index contributed by atoms with van der Waals surface area (Å²) in [6.07, 6.45) is 7.41. The predicted octanol–water partition coefficient (Wildman–Crippen LogP) is 3.51. The number of aromatic nitrogens is 1. The molecule has 0 atom stereocenters. The van der Waals surface area contributed by atoms with Gasteiger partial charge in [-0.2, -0.15) is 0 Å². The zero-order valence-corrected chi connectivity index (χ0v) is 19.3. The van der Waals surface area contributed by atoms with E-state index in [-0.39, 0.29) is 24.0 Å². The number of halogens is 1. The molecule has 0 bridgehead atoms. The first-order valence-corrected chi connectivity index (χ1v) is 9.89. The summed E-state index contributed by atoms with van der Waals surface area (Å²) in [5.74, 6) is 0.836. The number of nitrogens with zero attached hydrogens (tertiary/aromatic N) is 3. The fourth-order valence-electron chi connectivity index (χ4n) is 3.47. The van der Waals surface area contributed by atoms with Crippen molar-refractivity contribution in [1.29, 1.82) is 0 Å². The number of pyridine rings is 1. The zero-order chi connectivity index (χ0) is 18.9. The summed E-state index contributed by atoms with van der Waals surface area (Å²) in [7, 11) is 1.81. The van der Waals surface area contributed by atoms with Crippen molar-refractivity contribution < 1.29 is 0 Å². The average Bonchev–Trinajstić information content (AvgIpc) is 3.20. The molecular formula is C22H32IN5. The second-order valence-electron chi connectivity index (χ2n) is 7.20. The van der Waals surface area contributed by atoms with Crippen molar-refractivity contribution in [3.63, 3.8) is 0 Å². The number of guanidine groups is 1. The zero-order valence-electron chi connectivity index (χ0n) is 16.9. The number of rotatable bonds is 7. The molecule has 0 amide bonds. The molecule has 1 aliphatic heterocycles. The molecule has 1 saturated heterocycles. The molecule has 1 fully saturated rings. The number of aliphatic imine (C=N–C) groups is 1. The second-order valence-corrected chi connectivity index (χ2v) is 7.20. The topological polar surface area (TPSA) is 52.6 Å². The highest BCUT2D eigenvalue weighted by molar-refractivity contribution is 14.0. The summed E-state index contributed by atoms with van der Waals surface area (Å²) in [4.78, 5) is 11.0. The van der Waals surface area contributed by atoms with Crippen molar-refractivity contribution in [2.45, 2.75) is 39.3 Å². The number of hydrogen-bond donors (Lipinski definition) is 2. The quantitative estimate of drug-likeness (QED) is 0.352. The molecule has 152 valence electrons. The molecule has 28 heavy (non-hydrogen) atoms. The highest BCUT2D eigenvalue weighted by Gasteiger charge is 2.11. The molecule has 0 aliphatic carbocycles. The first-order valence-electron chi connectivity index (χ1n) is 9.89. The monoisotopic (exact) mass is 493 g/mol. The fourth-order valence-corrected chi connectivity index (χ4v) is 3.47. The standard InChI is InChI=1S/C22H31N5.HI/c1-18-15-24-11-9-21(18)10-12-25-22(23-2)26-16-19-5-7-20(8-6-19)17-27-13-3-4-14-27;/h5-9,11,15H,3-4,10,12-14,16-17H2,1-2H3,(H2,23,25,26);1H. The minimum atomic E-state index is 0. The third kappa shape index (κ3) is 7.05. The Hall–Kier alpha value is -1.67. The molecule has 0 saturated carbocycles. The van der Waals surface area contributed by atoms with E-state index in [9.17, 15) is 0 Å². The van der Waals surface area contributed by atoms with Gasteiger partial charge in [-0.3, -0.25) is 14.9 Å². The summed E-state index contributed by atoms with van der Waals surface area (Å²) in [5, 5.41) is 6.78. The number of nitrogens with one attached hydrogen (secondary N) is 2. The number of benzene rings is 1. The molecule has 2 heterocycles. The molecule has 1 aromatic carbocycles. The van der Waals surface area contributed by atoms with Crippen LogP contribution in [0.5, 0.6) is 0 Å². The van der Waals surface area contributed by atoms with Gasteiger partial charge in [-0.05, 0) is 67.6 Å². The van der Waals surface area contributed by atoms with Gasteiger partial charge in [0.25, 0.3) is 0 Å². The fraction of sp³-hybridized carbons (Fsp3) is 0.455. The van der Waals surface area contributed by atoms with Gasteiger partial charge < -0.3 is 10.6 Å². The second kappa shape index (κ2) is 12.0. The van der Waals surface area contributed by atoms with Crippen molar-refractivity contribution in [1.82, 2.24) is 20.5 Å². The van der Waals surface area contributed by atoms with Crippen molar-refractivity contribution in [2.75, 3.05) is 26.7 Å². The van der Waals surface area contributed by atoms with E-state index < -0.39 is 0 Å². The van der Waals surface area contributed by atoms with Gasteiger partial charge in [-0.25, -0.2) is 0 Å². The summed E-state index contributed by atoms with van der Waals surface area (Å²) >= 11 is 0.